The predicted octanol–water partition coefficient (Wildman–Crippen LogP) is 3.42. The van der Waals surface area contributed by atoms with Crippen LogP contribution in [0.5, 0.6) is 11.5 Å². The molecule has 1 unspecified atom stereocenters. The van der Waals surface area contributed by atoms with Gasteiger partial charge < -0.3 is 10.5 Å². The summed E-state index contributed by atoms with van der Waals surface area (Å²) < 4.78 is 18.8. The minimum absolute atomic E-state index is 0.0764. The number of rotatable bonds is 4. The summed E-state index contributed by atoms with van der Waals surface area (Å²) in [5.41, 5.74) is 6.66. The second kappa shape index (κ2) is 5.60. The molecule has 94 valence electrons. The molecule has 2 aromatic rings. The van der Waals surface area contributed by atoms with Crippen molar-refractivity contribution in [1.29, 1.82) is 0 Å². The smallest absolute Gasteiger partial charge is 0.165 e. The van der Waals surface area contributed by atoms with Crippen molar-refractivity contribution in [3.8, 4) is 11.5 Å². The molecule has 0 aliphatic carbocycles. The molecule has 18 heavy (non-hydrogen) atoms. The highest BCUT2D eigenvalue weighted by molar-refractivity contribution is 5.31. The van der Waals surface area contributed by atoms with Gasteiger partial charge in [-0.15, -0.1) is 0 Å². The summed E-state index contributed by atoms with van der Waals surface area (Å²) in [6.07, 6.45) is 2.37. The van der Waals surface area contributed by atoms with Gasteiger partial charge in [0.2, 0.25) is 0 Å². The summed E-state index contributed by atoms with van der Waals surface area (Å²) in [6.45, 7) is 2.00. The monoisotopic (exact) mass is 246 g/mol. The van der Waals surface area contributed by atoms with Crippen LogP contribution in [0, 0.1) is 5.82 Å². The summed E-state index contributed by atoms with van der Waals surface area (Å²) in [5.74, 6) is 0.283. The van der Waals surface area contributed by atoms with Gasteiger partial charge >= 0.3 is 0 Å². The second-order valence-corrected chi connectivity index (χ2v) is 3.97. The lowest BCUT2D eigenvalue weighted by atomic mass is 10.1. The number of nitrogens with zero attached hydrogens (tertiary/aromatic N) is 1. The number of aromatic nitrogens is 1. The Labute approximate surface area is 105 Å². The van der Waals surface area contributed by atoms with E-state index in [2.05, 4.69) is 4.98 Å². The van der Waals surface area contributed by atoms with Crippen molar-refractivity contribution in [3.05, 3.63) is 54.1 Å². The summed E-state index contributed by atoms with van der Waals surface area (Å²) >= 11 is 0. The van der Waals surface area contributed by atoms with Crippen LogP contribution in [0.2, 0.25) is 0 Å². The number of nitrogens with two attached hydrogens (primary N) is 1. The van der Waals surface area contributed by atoms with Crippen LogP contribution in [0.3, 0.4) is 0 Å². The van der Waals surface area contributed by atoms with E-state index in [4.69, 9.17) is 10.5 Å². The van der Waals surface area contributed by atoms with Gasteiger partial charge in [-0.25, -0.2) is 4.39 Å². The number of ether oxygens (including phenoxy) is 1. The molecule has 0 spiro atoms. The molecular weight excluding hydrogens is 231 g/mol. The molecule has 0 saturated heterocycles. The highest BCUT2D eigenvalue weighted by atomic mass is 19.1. The number of halogens is 1. The average molecular weight is 246 g/mol. The van der Waals surface area contributed by atoms with E-state index in [9.17, 15) is 4.39 Å². The maximum absolute atomic E-state index is 13.4. The quantitative estimate of drug-likeness (QED) is 0.899. The Hall–Kier alpha value is -1.94. The number of para-hydroxylation sites is 1. The highest BCUT2D eigenvalue weighted by Crippen LogP contribution is 2.24. The third kappa shape index (κ3) is 2.84. The first-order valence-electron chi connectivity index (χ1n) is 5.84. The second-order valence-electron chi connectivity index (χ2n) is 3.97. The molecule has 0 fully saturated rings. The molecule has 1 aromatic heterocycles. The summed E-state index contributed by atoms with van der Waals surface area (Å²) in [4.78, 5) is 4.20. The first-order valence-corrected chi connectivity index (χ1v) is 5.84. The minimum atomic E-state index is -0.396. The third-order valence-electron chi connectivity index (χ3n) is 2.64. The fraction of sp³-hybridized carbons (Fsp3) is 0.214. The van der Waals surface area contributed by atoms with E-state index in [0.717, 1.165) is 12.1 Å². The van der Waals surface area contributed by atoms with Crippen LogP contribution in [0.4, 0.5) is 4.39 Å². The number of hydrogen-bond donors (Lipinski definition) is 1. The van der Waals surface area contributed by atoms with Gasteiger partial charge in [0.25, 0.3) is 0 Å². The first-order chi connectivity index (χ1) is 8.70. The van der Waals surface area contributed by atoms with E-state index < -0.39 is 5.82 Å². The van der Waals surface area contributed by atoms with Crippen LogP contribution in [0.25, 0.3) is 0 Å². The van der Waals surface area contributed by atoms with Crippen LogP contribution in [-0.2, 0) is 0 Å². The van der Waals surface area contributed by atoms with E-state index in [1.165, 1.54) is 6.07 Å². The Balaban J connectivity index is 2.14. The Morgan fingerprint density at radius 2 is 2.06 bits per heavy atom. The molecule has 3 nitrogen and oxygen atoms in total. The molecule has 4 heteroatoms. The number of hydrogen-bond acceptors (Lipinski definition) is 3. The zero-order valence-corrected chi connectivity index (χ0v) is 10.1. The van der Waals surface area contributed by atoms with Gasteiger partial charge in [-0.05, 0) is 30.7 Å². The minimum Gasteiger partial charge on any atom is -0.453 e. The third-order valence-corrected chi connectivity index (χ3v) is 2.64. The maximum Gasteiger partial charge on any atom is 0.165 e. The van der Waals surface area contributed by atoms with E-state index >= 15 is 0 Å². The van der Waals surface area contributed by atoms with Crippen molar-refractivity contribution in [1.82, 2.24) is 4.98 Å². The standard InChI is InChI=1S/C14H15FN2O/c1-2-12(16)13-8-7-10(9-17-13)18-14-6-4-3-5-11(14)15/h3-9,12H,2,16H2,1H3. The van der Waals surface area contributed by atoms with E-state index in [1.807, 2.05) is 6.92 Å². The topological polar surface area (TPSA) is 48.1 Å². The molecule has 1 aromatic carbocycles. The lowest BCUT2D eigenvalue weighted by Crippen LogP contribution is -2.10. The summed E-state index contributed by atoms with van der Waals surface area (Å²) in [6, 6.07) is 9.71. The maximum atomic E-state index is 13.4. The molecule has 2 N–H and O–H groups in total. The van der Waals surface area contributed by atoms with Crippen LogP contribution in [-0.4, -0.2) is 4.98 Å². The molecule has 2 rings (SSSR count). The summed E-state index contributed by atoms with van der Waals surface area (Å²) in [7, 11) is 0. The van der Waals surface area contributed by atoms with Crippen LogP contribution in [0.15, 0.2) is 42.6 Å². The molecule has 0 radical (unpaired) electrons. The zero-order chi connectivity index (χ0) is 13.0. The largest absolute Gasteiger partial charge is 0.453 e. The fourth-order valence-electron chi connectivity index (χ4n) is 1.54. The lowest BCUT2D eigenvalue weighted by Gasteiger charge is -2.10. The lowest BCUT2D eigenvalue weighted by molar-refractivity contribution is 0.440. The molecule has 1 atom stereocenters. The van der Waals surface area contributed by atoms with E-state index in [0.29, 0.717) is 5.75 Å². The predicted molar refractivity (Wildman–Crippen MR) is 67.9 cm³/mol. The normalized spacial score (nSPS) is 12.2. The first kappa shape index (κ1) is 12.5. The Kier molecular flexibility index (Phi) is 3.89. The molecule has 0 aliphatic heterocycles. The SMILES string of the molecule is CCC(N)c1ccc(Oc2ccccc2F)cn1. The van der Waals surface area contributed by atoms with Crippen LogP contribution >= 0.6 is 0 Å². The van der Waals surface area contributed by atoms with Gasteiger partial charge in [0, 0.05) is 6.04 Å². The zero-order valence-electron chi connectivity index (χ0n) is 10.1. The molecule has 0 bridgehead atoms. The van der Waals surface area contributed by atoms with E-state index in [1.54, 1.807) is 36.5 Å². The van der Waals surface area contributed by atoms with Gasteiger partial charge in [0.1, 0.15) is 5.75 Å². The van der Waals surface area contributed by atoms with Crippen LogP contribution < -0.4 is 10.5 Å². The fourth-order valence-corrected chi connectivity index (χ4v) is 1.54. The number of benzene rings is 1. The van der Waals surface area contributed by atoms with Gasteiger partial charge in [-0.2, -0.15) is 0 Å². The van der Waals surface area contributed by atoms with Crippen molar-refractivity contribution >= 4 is 0 Å². The molecular formula is C14H15FN2O. The molecule has 0 aliphatic rings. The Morgan fingerprint density at radius 3 is 2.67 bits per heavy atom. The average Bonchev–Trinajstić information content (AvgIpc) is 2.41. The molecule has 0 amide bonds. The molecule has 1 heterocycles. The van der Waals surface area contributed by atoms with Gasteiger partial charge in [0.15, 0.2) is 11.6 Å². The Morgan fingerprint density at radius 1 is 1.28 bits per heavy atom. The number of pyridine rings is 1. The van der Waals surface area contributed by atoms with Gasteiger partial charge in [-0.3, -0.25) is 4.98 Å². The van der Waals surface area contributed by atoms with Crippen molar-refractivity contribution in [3.63, 3.8) is 0 Å². The highest BCUT2D eigenvalue weighted by Gasteiger charge is 2.06. The Bertz CT molecular complexity index is 513. The molecule has 0 saturated carbocycles. The van der Waals surface area contributed by atoms with Crippen molar-refractivity contribution in [2.24, 2.45) is 5.73 Å². The van der Waals surface area contributed by atoms with Crippen molar-refractivity contribution in [2.45, 2.75) is 19.4 Å². The van der Waals surface area contributed by atoms with Crippen molar-refractivity contribution < 1.29 is 9.13 Å². The van der Waals surface area contributed by atoms with Gasteiger partial charge in [0.05, 0.1) is 11.9 Å². The van der Waals surface area contributed by atoms with Crippen LogP contribution in [0.1, 0.15) is 25.1 Å². The van der Waals surface area contributed by atoms with Gasteiger partial charge in [-0.1, -0.05) is 19.1 Å². The summed E-state index contributed by atoms with van der Waals surface area (Å²) in [5, 5.41) is 0. The van der Waals surface area contributed by atoms with E-state index in [-0.39, 0.29) is 11.8 Å². The van der Waals surface area contributed by atoms with Crippen molar-refractivity contribution in [2.75, 3.05) is 0 Å².